The summed E-state index contributed by atoms with van der Waals surface area (Å²) in [5.74, 6) is 1.01. The fourth-order valence-corrected chi connectivity index (χ4v) is 6.30. The number of thiophene rings is 1. The summed E-state index contributed by atoms with van der Waals surface area (Å²) in [4.78, 5) is 29.6. The molecule has 2 aliphatic rings. The molecular weight excluding hydrogens is 446 g/mol. The lowest BCUT2D eigenvalue weighted by molar-refractivity contribution is -0.134. The second-order valence-corrected chi connectivity index (χ2v) is 10.8. The van der Waals surface area contributed by atoms with Crippen molar-refractivity contribution >= 4 is 33.4 Å². The number of carbonyl (C=O) groups excluding carboxylic acids is 2. The van der Waals surface area contributed by atoms with Crippen LogP contribution in [-0.2, 0) is 17.9 Å². The number of nitrogens with zero attached hydrogens (tertiary/aromatic N) is 2. The lowest BCUT2D eigenvalue weighted by Crippen LogP contribution is -2.65. The van der Waals surface area contributed by atoms with Crippen molar-refractivity contribution in [1.82, 2.24) is 14.8 Å². The van der Waals surface area contributed by atoms with Crippen LogP contribution in [0.15, 0.2) is 41.8 Å². The minimum Gasteiger partial charge on any atom is -0.494 e. The van der Waals surface area contributed by atoms with Gasteiger partial charge in [0.2, 0.25) is 5.91 Å². The van der Waals surface area contributed by atoms with E-state index in [1.807, 2.05) is 60.2 Å². The molecule has 0 spiro atoms. The summed E-state index contributed by atoms with van der Waals surface area (Å²) in [6, 6.07) is 11.9. The fraction of sp³-hybridized carbons (Fsp3) is 0.481. The van der Waals surface area contributed by atoms with Gasteiger partial charge in [-0.25, -0.2) is 0 Å². The highest BCUT2D eigenvalue weighted by Gasteiger charge is 2.48. The average molecular weight is 480 g/mol. The standard InChI is InChI=1S/C27H33N3O3S/c1-4-33-23-12-8-6-10-19(23)16-30-25(31)22-15-24-21(13-14-34-24)29(22)17-27(30,3)26(32)28-20-11-7-5-9-18(20)2/h6,8,10,12-15,18,20H,4-5,7,9,11,16-17H2,1-3H3,(H,28,32). The Morgan fingerprint density at radius 3 is 2.82 bits per heavy atom. The topological polar surface area (TPSA) is 63.6 Å². The number of hydrogen-bond donors (Lipinski definition) is 1. The summed E-state index contributed by atoms with van der Waals surface area (Å²) in [5.41, 5.74) is 1.55. The van der Waals surface area contributed by atoms with E-state index in [1.165, 1.54) is 6.42 Å². The third kappa shape index (κ3) is 3.90. The van der Waals surface area contributed by atoms with Crippen molar-refractivity contribution in [2.75, 3.05) is 6.61 Å². The van der Waals surface area contributed by atoms with Crippen molar-refractivity contribution in [1.29, 1.82) is 0 Å². The smallest absolute Gasteiger partial charge is 0.271 e. The first-order valence-corrected chi connectivity index (χ1v) is 13.2. The number of amides is 2. The van der Waals surface area contributed by atoms with E-state index in [9.17, 15) is 9.59 Å². The number of nitrogens with one attached hydrogen (secondary N) is 1. The third-order valence-electron chi connectivity index (χ3n) is 7.57. The Kier molecular flexibility index (Phi) is 6.15. The Bertz CT molecular complexity index is 1210. The van der Waals surface area contributed by atoms with Gasteiger partial charge in [0.1, 0.15) is 17.0 Å². The van der Waals surface area contributed by atoms with E-state index in [1.54, 1.807) is 16.2 Å². The molecule has 6 nitrogen and oxygen atoms in total. The molecule has 3 unspecified atom stereocenters. The molecule has 5 rings (SSSR count). The van der Waals surface area contributed by atoms with Gasteiger partial charge in [-0.3, -0.25) is 9.59 Å². The lowest BCUT2D eigenvalue weighted by atomic mass is 9.85. The van der Waals surface area contributed by atoms with Gasteiger partial charge >= 0.3 is 0 Å². The summed E-state index contributed by atoms with van der Waals surface area (Å²) in [6.07, 6.45) is 4.47. The molecule has 1 saturated carbocycles. The molecule has 3 aromatic rings. The zero-order valence-corrected chi connectivity index (χ0v) is 21.0. The monoisotopic (exact) mass is 479 g/mol. The highest BCUT2D eigenvalue weighted by atomic mass is 32.1. The largest absolute Gasteiger partial charge is 0.494 e. The first-order valence-electron chi connectivity index (χ1n) is 12.3. The Labute approximate surface area is 204 Å². The van der Waals surface area contributed by atoms with Crippen LogP contribution in [0.3, 0.4) is 0 Å². The van der Waals surface area contributed by atoms with Gasteiger partial charge in [0.15, 0.2) is 0 Å². The number of aromatic nitrogens is 1. The van der Waals surface area contributed by atoms with Crippen LogP contribution in [-0.4, -0.2) is 39.5 Å². The van der Waals surface area contributed by atoms with Gasteiger partial charge in [-0.15, -0.1) is 11.3 Å². The Morgan fingerprint density at radius 2 is 2.03 bits per heavy atom. The van der Waals surface area contributed by atoms with E-state index in [-0.39, 0.29) is 17.9 Å². The van der Waals surface area contributed by atoms with Gasteiger partial charge < -0.3 is 19.5 Å². The van der Waals surface area contributed by atoms with Crippen LogP contribution in [0.1, 0.15) is 62.5 Å². The van der Waals surface area contributed by atoms with E-state index in [0.29, 0.717) is 31.3 Å². The maximum atomic E-state index is 13.9. The number of benzene rings is 1. The minimum absolute atomic E-state index is 0.0729. The van der Waals surface area contributed by atoms with Crippen LogP contribution < -0.4 is 10.1 Å². The fourth-order valence-electron chi connectivity index (χ4n) is 5.48. The zero-order chi connectivity index (χ0) is 23.9. The number of fused-ring (bicyclic) bond motifs is 3. The summed E-state index contributed by atoms with van der Waals surface area (Å²) < 4.78 is 8.94. The van der Waals surface area contributed by atoms with Crippen molar-refractivity contribution in [3.05, 3.63) is 53.0 Å². The Balaban J connectivity index is 1.54. The van der Waals surface area contributed by atoms with Crippen molar-refractivity contribution in [3.63, 3.8) is 0 Å². The van der Waals surface area contributed by atoms with Crippen LogP contribution in [0.5, 0.6) is 5.75 Å². The third-order valence-corrected chi connectivity index (χ3v) is 8.42. The molecule has 2 aromatic heterocycles. The second kappa shape index (κ2) is 9.10. The Hall–Kier alpha value is -2.80. The highest BCUT2D eigenvalue weighted by molar-refractivity contribution is 7.17. The summed E-state index contributed by atoms with van der Waals surface area (Å²) in [5, 5.41) is 5.38. The summed E-state index contributed by atoms with van der Waals surface area (Å²) in [6.45, 7) is 7.37. The van der Waals surface area contributed by atoms with E-state index in [2.05, 4.69) is 12.2 Å². The SMILES string of the molecule is CCOc1ccccc1CN1C(=O)c2cc3sccc3n2CC1(C)C(=O)NC1CCCCC1C. The number of ether oxygens (including phenoxy) is 1. The quantitative estimate of drug-likeness (QED) is 0.528. The maximum absolute atomic E-state index is 13.9. The molecule has 0 bridgehead atoms. The number of para-hydroxylation sites is 1. The second-order valence-electron chi connectivity index (χ2n) is 9.83. The molecule has 7 heteroatoms. The van der Waals surface area contributed by atoms with Crippen molar-refractivity contribution < 1.29 is 14.3 Å². The van der Waals surface area contributed by atoms with Crippen LogP contribution >= 0.6 is 11.3 Å². The van der Waals surface area contributed by atoms with Crippen molar-refractivity contribution in [3.8, 4) is 5.75 Å². The molecule has 1 fully saturated rings. The molecule has 1 N–H and O–H groups in total. The molecule has 1 aliphatic carbocycles. The first kappa shape index (κ1) is 23.0. The van der Waals surface area contributed by atoms with Crippen LogP contribution in [0.4, 0.5) is 0 Å². The predicted molar refractivity (Wildman–Crippen MR) is 135 cm³/mol. The van der Waals surface area contributed by atoms with Gasteiger partial charge in [0, 0.05) is 11.6 Å². The van der Waals surface area contributed by atoms with Gasteiger partial charge in [-0.05, 0) is 56.2 Å². The lowest BCUT2D eigenvalue weighted by Gasteiger charge is -2.45. The molecule has 3 atom stereocenters. The van der Waals surface area contributed by atoms with E-state index in [0.717, 1.165) is 40.8 Å². The van der Waals surface area contributed by atoms with Crippen LogP contribution in [0, 0.1) is 5.92 Å². The number of hydrogen-bond acceptors (Lipinski definition) is 4. The minimum atomic E-state index is -1.02. The Morgan fingerprint density at radius 1 is 1.24 bits per heavy atom. The molecule has 34 heavy (non-hydrogen) atoms. The van der Waals surface area contributed by atoms with Crippen LogP contribution in [0.25, 0.3) is 10.2 Å². The molecule has 1 aliphatic heterocycles. The molecule has 0 saturated heterocycles. The van der Waals surface area contributed by atoms with Crippen molar-refractivity contribution in [2.45, 2.75) is 71.1 Å². The van der Waals surface area contributed by atoms with E-state index < -0.39 is 5.54 Å². The van der Waals surface area contributed by atoms with Gasteiger partial charge in [-0.2, -0.15) is 0 Å². The molecule has 2 amide bonds. The zero-order valence-electron chi connectivity index (χ0n) is 20.2. The van der Waals surface area contributed by atoms with E-state index >= 15 is 0 Å². The summed E-state index contributed by atoms with van der Waals surface area (Å²) in [7, 11) is 0. The molecule has 180 valence electrons. The number of rotatable bonds is 6. The molecule has 1 aromatic carbocycles. The van der Waals surface area contributed by atoms with Gasteiger partial charge in [0.05, 0.1) is 29.9 Å². The van der Waals surface area contributed by atoms with Crippen LogP contribution in [0.2, 0.25) is 0 Å². The van der Waals surface area contributed by atoms with Gasteiger partial charge in [0.25, 0.3) is 5.91 Å². The average Bonchev–Trinajstić information content (AvgIpc) is 3.42. The van der Waals surface area contributed by atoms with Gasteiger partial charge in [-0.1, -0.05) is 38.0 Å². The van der Waals surface area contributed by atoms with Crippen molar-refractivity contribution in [2.24, 2.45) is 5.92 Å². The predicted octanol–water partition coefficient (Wildman–Crippen LogP) is 5.21. The molecular formula is C27H33N3O3S. The molecule has 3 heterocycles. The van der Waals surface area contributed by atoms with E-state index in [4.69, 9.17) is 4.74 Å². The first-order chi connectivity index (χ1) is 16.4. The number of carbonyl (C=O) groups is 2. The normalized spacial score (nSPS) is 24.8. The highest BCUT2D eigenvalue weighted by Crippen LogP contribution is 2.36. The molecule has 0 radical (unpaired) electrons. The summed E-state index contributed by atoms with van der Waals surface area (Å²) >= 11 is 1.62. The maximum Gasteiger partial charge on any atom is 0.271 e.